The largest absolute Gasteiger partial charge is 0.458 e. The van der Waals surface area contributed by atoms with E-state index >= 15 is 0 Å². The Labute approximate surface area is 165 Å². The second-order valence-corrected chi connectivity index (χ2v) is 8.05. The molecule has 0 N–H and O–H groups in total. The van der Waals surface area contributed by atoms with Gasteiger partial charge in [-0.3, -0.25) is 9.59 Å². The van der Waals surface area contributed by atoms with Crippen molar-refractivity contribution in [2.75, 3.05) is 0 Å². The van der Waals surface area contributed by atoms with Crippen molar-refractivity contribution in [1.82, 2.24) is 0 Å². The molecule has 0 aromatic carbocycles. The normalized spacial score (nSPS) is 33.5. The molecule has 2 aliphatic rings. The number of fused-ring (bicyclic) bond motifs is 1. The SMILES string of the molecule is C=C(C)C(=O)O[C@H]1C[C@@](C)(OC(C)=O)C(=O)CCC(C)C[C@H]2OC(=O)C(=C)[C@H]12. The van der Waals surface area contributed by atoms with Crippen LogP contribution in [0.15, 0.2) is 24.3 Å². The number of ether oxygens (including phenoxy) is 3. The Morgan fingerprint density at radius 2 is 1.89 bits per heavy atom. The summed E-state index contributed by atoms with van der Waals surface area (Å²) in [5.74, 6) is -2.61. The second-order valence-electron chi connectivity index (χ2n) is 8.05. The van der Waals surface area contributed by atoms with Crippen molar-refractivity contribution in [3.05, 3.63) is 24.3 Å². The molecule has 0 aromatic rings. The minimum absolute atomic E-state index is 0.0762. The van der Waals surface area contributed by atoms with Gasteiger partial charge in [0.25, 0.3) is 0 Å². The van der Waals surface area contributed by atoms with E-state index in [0.29, 0.717) is 12.8 Å². The first-order valence-electron chi connectivity index (χ1n) is 9.43. The van der Waals surface area contributed by atoms with E-state index in [4.69, 9.17) is 14.2 Å². The fraction of sp³-hybridized carbons (Fsp3) is 0.619. The number of Topliss-reactive ketones (excluding diaryl/α,β-unsaturated/α-hetero) is 1. The highest BCUT2D eigenvalue weighted by molar-refractivity contribution is 5.92. The van der Waals surface area contributed by atoms with Crippen LogP contribution in [0, 0.1) is 11.8 Å². The predicted octanol–water partition coefficient (Wildman–Crippen LogP) is 2.67. The van der Waals surface area contributed by atoms with Gasteiger partial charge in [-0.15, -0.1) is 0 Å². The molecule has 1 saturated carbocycles. The molecular weight excluding hydrogens is 364 g/mol. The summed E-state index contributed by atoms with van der Waals surface area (Å²) in [6, 6.07) is 0. The molecule has 1 saturated heterocycles. The van der Waals surface area contributed by atoms with Gasteiger partial charge >= 0.3 is 17.9 Å². The number of esters is 3. The minimum atomic E-state index is -1.49. The van der Waals surface area contributed by atoms with Crippen LogP contribution in [0.1, 0.15) is 53.4 Å². The molecule has 2 fully saturated rings. The van der Waals surface area contributed by atoms with Gasteiger partial charge in [0, 0.05) is 30.9 Å². The Bertz CT molecular complexity index is 722. The first-order chi connectivity index (χ1) is 12.9. The van der Waals surface area contributed by atoms with Crippen LogP contribution in [0.5, 0.6) is 0 Å². The third-order valence-corrected chi connectivity index (χ3v) is 5.38. The van der Waals surface area contributed by atoms with Crippen LogP contribution in [0.2, 0.25) is 0 Å². The number of carbonyl (C=O) groups is 4. The lowest BCUT2D eigenvalue weighted by molar-refractivity contribution is -0.172. The quantitative estimate of drug-likeness (QED) is 0.414. The van der Waals surface area contributed by atoms with Crippen LogP contribution in [0.25, 0.3) is 0 Å². The molecule has 154 valence electrons. The van der Waals surface area contributed by atoms with E-state index in [2.05, 4.69) is 13.2 Å². The zero-order valence-corrected chi connectivity index (χ0v) is 16.9. The number of ketones is 1. The van der Waals surface area contributed by atoms with Crippen LogP contribution in [-0.4, -0.2) is 41.5 Å². The summed E-state index contributed by atoms with van der Waals surface area (Å²) in [6.07, 6.45) is -0.235. The Kier molecular flexibility index (Phi) is 6.47. The summed E-state index contributed by atoms with van der Waals surface area (Å²) in [6.45, 7) is 13.6. The zero-order valence-electron chi connectivity index (χ0n) is 16.9. The van der Waals surface area contributed by atoms with Crippen LogP contribution < -0.4 is 0 Å². The van der Waals surface area contributed by atoms with E-state index in [1.165, 1.54) is 20.8 Å². The van der Waals surface area contributed by atoms with Crippen molar-refractivity contribution in [2.24, 2.45) is 11.8 Å². The van der Waals surface area contributed by atoms with E-state index in [1.54, 1.807) is 0 Å². The molecule has 7 heteroatoms. The maximum Gasteiger partial charge on any atom is 0.334 e. The standard InChI is InChI=1S/C21H28O7/c1-11(2)19(24)27-16-10-21(6,28-14(5)22)17(23)8-7-12(3)9-15-18(16)13(4)20(25)26-15/h12,15-16,18H,1,4,7-10H2,2-3,5-6H3/t12?,15-,16+,18+,21-/m1/s1. The Morgan fingerprint density at radius 3 is 2.46 bits per heavy atom. The summed E-state index contributed by atoms with van der Waals surface area (Å²) in [4.78, 5) is 49.0. The van der Waals surface area contributed by atoms with E-state index in [9.17, 15) is 19.2 Å². The Morgan fingerprint density at radius 1 is 1.25 bits per heavy atom. The van der Waals surface area contributed by atoms with Gasteiger partial charge in [-0.25, -0.2) is 9.59 Å². The molecular formula is C21H28O7. The number of hydrogen-bond acceptors (Lipinski definition) is 7. The monoisotopic (exact) mass is 392 g/mol. The fourth-order valence-corrected chi connectivity index (χ4v) is 3.86. The lowest BCUT2D eigenvalue weighted by atomic mass is 9.77. The van der Waals surface area contributed by atoms with E-state index in [1.807, 2.05) is 6.92 Å². The topological polar surface area (TPSA) is 96.0 Å². The molecule has 0 bridgehead atoms. The van der Waals surface area contributed by atoms with Crippen LogP contribution in [0.4, 0.5) is 0 Å². The summed E-state index contributed by atoms with van der Waals surface area (Å²) in [5.41, 5.74) is -1.12. The van der Waals surface area contributed by atoms with Crippen LogP contribution in [-0.2, 0) is 33.4 Å². The average Bonchev–Trinajstić information content (AvgIpc) is 2.84. The van der Waals surface area contributed by atoms with Gasteiger partial charge in [-0.1, -0.05) is 20.1 Å². The van der Waals surface area contributed by atoms with Gasteiger partial charge in [0.2, 0.25) is 0 Å². The molecule has 0 spiro atoms. The zero-order chi connectivity index (χ0) is 21.2. The molecule has 1 unspecified atom stereocenters. The second kappa shape index (κ2) is 8.29. The summed E-state index contributed by atoms with van der Waals surface area (Å²) >= 11 is 0. The molecule has 0 amide bonds. The molecule has 1 aliphatic carbocycles. The minimum Gasteiger partial charge on any atom is -0.458 e. The summed E-state index contributed by atoms with van der Waals surface area (Å²) in [5, 5.41) is 0. The molecule has 1 heterocycles. The molecule has 2 rings (SSSR count). The predicted molar refractivity (Wildman–Crippen MR) is 100 cm³/mol. The molecule has 0 radical (unpaired) electrons. The lowest BCUT2D eigenvalue weighted by Crippen LogP contribution is -2.48. The van der Waals surface area contributed by atoms with Crippen molar-refractivity contribution in [3.63, 3.8) is 0 Å². The van der Waals surface area contributed by atoms with Crippen LogP contribution in [0.3, 0.4) is 0 Å². The van der Waals surface area contributed by atoms with Gasteiger partial charge in [0.05, 0.1) is 5.92 Å². The fourth-order valence-electron chi connectivity index (χ4n) is 3.86. The third-order valence-electron chi connectivity index (χ3n) is 5.38. The van der Waals surface area contributed by atoms with Gasteiger partial charge in [0.1, 0.15) is 12.2 Å². The van der Waals surface area contributed by atoms with E-state index < -0.39 is 41.6 Å². The highest BCUT2D eigenvalue weighted by atomic mass is 16.6. The lowest BCUT2D eigenvalue weighted by Gasteiger charge is -2.36. The summed E-state index contributed by atoms with van der Waals surface area (Å²) in [7, 11) is 0. The van der Waals surface area contributed by atoms with Gasteiger partial charge in [-0.05, 0) is 32.6 Å². The maximum atomic E-state index is 12.9. The number of hydrogen-bond donors (Lipinski definition) is 0. The first-order valence-corrected chi connectivity index (χ1v) is 9.43. The molecule has 0 aromatic heterocycles. The highest BCUT2D eigenvalue weighted by Crippen LogP contribution is 2.40. The summed E-state index contributed by atoms with van der Waals surface area (Å²) < 4.78 is 16.5. The third kappa shape index (κ3) is 4.69. The number of carbonyl (C=O) groups excluding carboxylic acids is 4. The first kappa shape index (κ1) is 21.9. The smallest absolute Gasteiger partial charge is 0.334 e. The Balaban J connectivity index is 2.49. The molecule has 28 heavy (non-hydrogen) atoms. The van der Waals surface area contributed by atoms with Crippen molar-refractivity contribution in [1.29, 1.82) is 0 Å². The van der Waals surface area contributed by atoms with Gasteiger partial charge < -0.3 is 14.2 Å². The number of rotatable bonds is 3. The van der Waals surface area contributed by atoms with E-state index in [-0.39, 0.29) is 35.7 Å². The van der Waals surface area contributed by atoms with Crippen molar-refractivity contribution in [3.8, 4) is 0 Å². The maximum absolute atomic E-state index is 12.9. The highest BCUT2D eigenvalue weighted by Gasteiger charge is 2.50. The Hall–Kier alpha value is -2.44. The molecule has 7 nitrogen and oxygen atoms in total. The molecule has 5 atom stereocenters. The van der Waals surface area contributed by atoms with Crippen molar-refractivity contribution in [2.45, 2.75) is 71.2 Å². The van der Waals surface area contributed by atoms with Gasteiger partial charge in [-0.2, -0.15) is 0 Å². The molecule has 1 aliphatic heterocycles. The van der Waals surface area contributed by atoms with Gasteiger partial charge in [0.15, 0.2) is 11.4 Å². The van der Waals surface area contributed by atoms with Crippen molar-refractivity contribution < 1.29 is 33.4 Å². The van der Waals surface area contributed by atoms with E-state index in [0.717, 1.165) is 0 Å². The average molecular weight is 392 g/mol. The van der Waals surface area contributed by atoms with Crippen molar-refractivity contribution >= 4 is 23.7 Å². The van der Waals surface area contributed by atoms with Crippen LogP contribution >= 0.6 is 0 Å².